The first kappa shape index (κ1) is 21.1. The molecule has 0 radical (unpaired) electrons. The normalized spacial score (nSPS) is 15.5. The van der Waals surface area contributed by atoms with Crippen LogP contribution in [0.2, 0.25) is 0 Å². The number of oxime groups is 1. The average molecular weight is 346 g/mol. The highest BCUT2D eigenvalue weighted by Crippen LogP contribution is 2.17. The molecule has 0 aliphatic carbocycles. The molecule has 0 bridgehead atoms. The van der Waals surface area contributed by atoms with E-state index in [1.807, 2.05) is 0 Å². The quantitative estimate of drug-likeness (QED) is 0.0848. The minimum absolute atomic E-state index is 0.579. The number of nitrogens with zero attached hydrogens (tertiary/aromatic N) is 4. The van der Waals surface area contributed by atoms with Gasteiger partial charge in [-0.1, -0.05) is 5.11 Å². The molecule has 0 unspecified atom stereocenters. The van der Waals surface area contributed by atoms with E-state index >= 15 is 0 Å². The molecule has 4 atom stereocenters. The third-order valence-corrected chi connectivity index (χ3v) is 2.51. The van der Waals surface area contributed by atoms with Crippen molar-refractivity contribution in [1.82, 2.24) is 0 Å². The van der Waals surface area contributed by atoms with E-state index in [0.29, 0.717) is 0 Å². The minimum Gasteiger partial charge on any atom is -0.463 e. The number of carbonyl (C=O) groups is 3. The molecule has 134 valence electrons. The average Bonchev–Trinajstić information content (AvgIpc) is 2.47. The molecule has 2 N–H and O–H groups in total. The lowest BCUT2D eigenvalue weighted by Crippen LogP contribution is -2.50. The smallest absolute Gasteiger partial charge is 0.303 e. The number of carbonyl (C=O) groups excluding carboxylic acids is 3. The fourth-order valence-electron chi connectivity index (χ4n) is 1.68. The van der Waals surface area contributed by atoms with Gasteiger partial charge in [0.25, 0.3) is 0 Å². The molecule has 0 rings (SSSR count). The zero-order chi connectivity index (χ0) is 18.7. The fraction of sp³-hybridized carbons (Fsp3) is 0.667. The molecule has 0 saturated heterocycles. The van der Waals surface area contributed by atoms with Crippen molar-refractivity contribution in [3.8, 4) is 0 Å². The summed E-state index contributed by atoms with van der Waals surface area (Å²) >= 11 is 0. The lowest BCUT2D eigenvalue weighted by atomic mass is 10.0. The first-order valence-corrected chi connectivity index (χ1v) is 6.60. The number of esters is 3. The molecule has 0 heterocycles. The second kappa shape index (κ2) is 10.8. The lowest BCUT2D eigenvalue weighted by Gasteiger charge is -2.31. The van der Waals surface area contributed by atoms with E-state index in [-0.39, 0.29) is 0 Å². The summed E-state index contributed by atoms with van der Waals surface area (Å²) in [4.78, 5) is 35.9. The molecule has 0 fully saturated rings. The minimum atomic E-state index is -1.61. The molecule has 12 heteroatoms. The van der Waals surface area contributed by atoms with Gasteiger partial charge in [-0.05, 0) is 5.53 Å². The van der Waals surface area contributed by atoms with Crippen molar-refractivity contribution in [1.29, 1.82) is 0 Å². The number of ether oxygens (including phenoxy) is 3. The highest BCUT2D eigenvalue weighted by molar-refractivity contribution is 5.70. The van der Waals surface area contributed by atoms with Crippen molar-refractivity contribution in [2.45, 2.75) is 45.1 Å². The highest BCUT2D eigenvalue weighted by Gasteiger charge is 2.39. The number of hydrogen-bond acceptors (Lipinski definition) is 10. The molecule has 0 aliphatic rings. The topological polar surface area (TPSA) is 180 Å². The van der Waals surface area contributed by atoms with E-state index in [4.69, 9.17) is 20.2 Å². The van der Waals surface area contributed by atoms with Gasteiger partial charge in [0.15, 0.2) is 12.2 Å². The van der Waals surface area contributed by atoms with Gasteiger partial charge in [0.2, 0.25) is 0 Å². The summed E-state index contributed by atoms with van der Waals surface area (Å²) in [5.74, 6) is -2.40. The molecule has 0 saturated carbocycles. The van der Waals surface area contributed by atoms with Crippen molar-refractivity contribution in [2.24, 2.45) is 10.3 Å². The van der Waals surface area contributed by atoms with Crippen LogP contribution in [0.25, 0.3) is 10.4 Å². The first-order valence-electron chi connectivity index (χ1n) is 6.60. The van der Waals surface area contributed by atoms with Gasteiger partial charge in [-0.25, -0.2) is 0 Å². The Bertz CT molecular complexity index is 531. The van der Waals surface area contributed by atoms with Crippen LogP contribution in [0, 0.1) is 0 Å². The van der Waals surface area contributed by atoms with E-state index in [1.165, 1.54) is 0 Å². The lowest BCUT2D eigenvalue weighted by molar-refractivity contribution is -0.179. The van der Waals surface area contributed by atoms with Gasteiger partial charge in [-0.2, -0.15) is 0 Å². The largest absolute Gasteiger partial charge is 0.463 e. The van der Waals surface area contributed by atoms with Crippen LogP contribution < -0.4 is 0 Å². The van der Waals surface area contributed by atoms with E-state index < -0.39 is 48.9 Å². The van der Waals surface area contributed by atoms with Crippen LogP contribution in [0.4, 0.5) is 0 Å². The zero-order valence-corrected chi connectivity index (χ0v) is 13.2. The highest BCUT2D eigenvalue weighted by atomic mass is 16.6. The van der Waals surface area contributed by atoms with Crippen LogP contribution >= 0.6 is 0 Å². The molecular formula is C12H18N4O8. The molecular weight excluding hydrogens is 328 g/mol. The summed E-state index contributed by atoms with van der Waals surface area (Å²) in [5.41, 5.74) is 8.56. The van der Waals surface area contributed by atoms with E-state index in [1.54, 1.807) is 0 Å². The third-order valence-electron chi connectivity index (χ3n) is 2.51. The molecule has 12 nitrogen and oxygen atoms in total. The van der Waals surface area contributed by atoms with E-state index in [0.717, 1.165) is 27.0 Å². The van der Waals surface area contributed by atoms with Crippen LogP contribution in [0.5, 0.6) is 0 Å². The van der Waals surface area contributed by atoms with Crippen molar-refractivity contribution in [3.63, 3.8) is 0 Å². The third kappa shape index (κ3) is 7.96. The summed E-state index contributed by atoms with van der Waals surface area (Å²) < 4.78 is 14.4. The summed E-state index contributed by atoms with van der Waals surface area (Å²) in [6, 6.07) is -1.40. The van der Waals surface area contributed by atoms with Crippen LogP contribution in [-0.2, 0) is 28.6 Å². The van der Waals surface area contributed by atoms with Gasteiger partial charge in [0.1, 0.15) is 18.8 Å². The summed E-state index contributed by atoms with van der Waals surface area (Å²) in [5, 5.41) is 24.7. The standard InChI is InChI=1S/C12H18N4O8/c1-6(17)22-5-10(20)12(24-8(3)19)11(23-7(2)18)9(4-14-21)15-16-13/h4,9-12,20-21H,5H2,1-3H3/b14-4+/t9-,10+,11+,12-/m0/s1. The Hall–Kier alpha value is -2.85. The predicted octanol–water partition coefficient (Wildman–Crippen LogP) is -0.0873. The van der Waals surface area contributed by atoms with Crippen molar-refractivity contribution in [3.05, 3.63) is 10.4 Å². The molecule has 24 heavy (non-hydrogen) atoms. The van der Waals surface area contributed by atoms with Gasteiger partial charge >= 0.3 is 17.9 Å². The van der Waals surface area contributed by atoms with Crippen molar-refractivity contribution < 1.29 is 38.9 Å². The van der Waals surface area contributed by atoms with Crippen molar-refractivity contribution >= 4 is 24.1 Å². The van der Waals surface area contributed by atoms with Crippen LogP contribution in [-0.4, -0.2) is 65.4 Å². The van der Waals surface area contributed by atoms with Crippen LogP contribution in [0.1, 0.15) is 20.8 Å². The molecule has 0 aromatic carbocycles. The Labute approximate surface area is 136 Å². The van der Waals surface area contributed by atoms with Crippen LogP contribution in [0.15, 0.2) is 10.3 Å². The fourth-order valence-corrected chi connectivity index (χ4v) is 1.68. The van der Waals surface area contributed by atoms with Gasteiger partial charge in [-0.15, -0.1) is 5.16 Å². The monoisotopic (exact) mass is 346 g/mol. The second-order valence-corrected chi connectivity index (χ2v) is 4.48. The Morgan fingerprint density at radius 3 is 2.08 bits per heavy atom. The molecule has 0 spiro atoms. The maximum absolute atomic E-state index is 11.3. The van der Waals surface area contributed by atoms with Gasteiger partial charge in [-0.3, -0.25) is 14.4 Å². The molecule has 0 aromatic heterocycles. The summed E-state index contributed by atoms with van der Waals surface area (Å²) in [7, 11) is 0. The summed E-state index contributed by atoms with van der Waals surface area (Å²) in [6.07, 6.45) is -3.96. The SMILES string of the molecule is CC(=O)OC[C@@H](O)[C@H](OC(C)=O)[C@H](OC(C)=O)[C@H](/C=N/O)N=[N+]=[N-]. The van der Waals surface area contributed by atoms with Crippen LogP contribution in [0.3, 0.4) is 0 Å². The Morgan fingerprint density at radius 2 is 1.67 bits per heavy atom. The molecule has 0 aliphatic heterocycles. The maximum atomic E-state index is 11.3. The molecule has 0 aromatic rings. The second-order valence-electron chi connectivity index (χ2n) is 4.48. The van der Waals surface area contributed by atoms with Gasteiger partial charge in [0.05, 0.1) is 6.21 Å². The van der Waals surface area contributed by atoms with Crippen molar-refractivity contribution in [2.75, 3.05) is 6.61 Å². The van der Waals surface area contributed by atoms with Gasteiger partial charge in [0, 0.05) is 25.7 Å². The number of hydrogen-bond donors (Lipinski definition) is 2. The predicted molar refractivity (Wildman–Crippen MR) is 77.0 cm³/mol. The first-order chi connectivity index (χ1) is 11.2. The zero-order valence-electron chi connectivity index (χ0n) is 13.2. The number of aliphatic hydroxyl groups is 1. The number of aliphatic hydroxyl groups excluding tert-OH is 1. The number of rotatable bonds is 9. The Kier molecular flexibility index (Phi) is 9.52. The maximum Gasteiger partial charge on any atom is 0.303 e. The Balaban J connectivity index is 5.67. The van der Waals surface area contributed by atoms with Gasteiger partial charge < -0.3 is 24.5 Å². The summed E-state index contributed by atoms with van der Waals surface area (Å²) in [6.45, 7) is 2.57. The molecule has 0 amide bonds. The van der Waals surface area contributed by atoms with E-state index in [9.17, 15) is 19.5 Å². The Morgan fingerprint density at radius 1 is 1.12 bits per heavy atom. The number of azide groups is 1. The van der Waals surface area contributed by atoms with E-state index in [2.05, 4.69) is 19.9 Å².